The van der Waals surface area contributed by atoms with Gasteiger partial charge in [0.15, 0.2) is 0 Å². The molecular weight excluding hydrogens is 231 g/mol. The molecule has 0 bridgehead atoms. The van der Waals surface area contributed by atoms with Crippen molar-refractivity contribution in [3.63, 3.8) is 0 Å². The smallest absolute Gasteiger partial charge is 0.231 e. The molecule has 0 aromatic heterocycles. The Kier molecular flexibility index (Phi) is 2.45. The molecule has 3 rings (SSSR count). The fourth-order valence-electron chi connectivity index (χ4n) is 3.09. The van der Waals surface area contributed by atoms with Crippen LogP contribution in [0.25, 0.3) is 0 Å². The highest BCUT2D eigenvalue weighted by molar-refractivity contribution is 6.01. The van der Waals surface area contributed by atoms with Gasteiger partial charge in [-0.15, -0.1) is 0 Å². The number of carbonyl (C=O) groups is 1. The summed E-state index contributed by atoms with van der Waals surface area (Å²) < 4.78 is 14.2. The lowest BCUT2D eigenvalue weighted by Gasteiger charge is -2.41. The molecule has 1 amide bonds. The summed E-state index contributed by atoms with van der Waals surface area (Å²) in [6.45, 7) is 0.551. The van der Waals surface area contributed by atoms with Gasteiger partial charge in [0.1, 0.15) is 5.82 Å². The first kappa shape index (κ1) is 11.7. The number of hydrogen-bond acceptors (Lipinski definition) is 2. The second-order valence-corrected chi connectivity index (χ2v) is 5.43. The van der Waals surface area contributed by atoms with Gasteiger partial charge in [0.2, 0.25) is 5.91 Å². The average Bonchev–Trinajstić information content (AvgIpc) is 2.54. The summed E-state index contributed by atoms with van der Waals surface area (Å²) in [7, 11) is 1.62. The summed E-state index contributed by atoms with van der Waals surface area (Å²) in [6.07, 6.45) is 3.49. The summed E-state index contributed by atoms with van der Waals surface area (Å²) >= 11 is 0. The van der Waals surface area contributed by atoms with E-state index in [2.05, 4.69) is 0 Å². The predicted molar refractivity (Wildman–Crippen MR) is 68.1 cm³/mol. The Labute approximate surface area is 106 Å². The third-order valence-electron chi connectivity index (χ3n) is 4.51. The number of fused-ring (bicyclic) bond motifs is 1. The van der Waals surface area contributed by atoms with Crippen molar-refractivity contribution in [2.45, 2.75) is 31.1 Å². The second-order valence-electron chi connectivity index (χ2n) is 5.43. The minimum atomic E-state index is -0.296. The van der Waals surface area contributed by atoms with Gasteiger partial charge < -0.3 is 10.6 Å². The molecule has 4 heteroatoms. The van der Waals surface area contributed by atoms with Gasteiger partial charge >= 0.3 is 0 Å². The lowest BCUT2D eigenvalue weighted by Crippen LogP contribution is -2.41. The first-order valence-electron chi connectivity index (χ1n) is 6.37. The summed E-state index contributed by atoms with van der Waals surface area (Å²) in [4.78, 5) is 13.0. The zero-order valence-corrected chi connectivity index (χ0v) is 10.5. The minimum absolute atomic E-state index is 0.0449. The van der Waals surface area contributed by atoms with Crippen LogP contribution in [0.2, 0.25) is 0 Å². The number of nitrogens with two attached hydrogens (primary N) is 1. The maximum Gasteiger partial charge on any atom is 0.231 e. The van der Waals surface area contributed by atoms with Crippen molar-refractivity contribution in [3.05, 3.63) is 29.1 Å². The normalized spacial score (nSPS) is 20.8. The highest BCUT2D eigenvalue weighted by Gasteiger charge is 2.39. The quantitative estimate of drug-likeness (QED) is 0.866. The van der Waals surface area contributed by atoms with Crippen molar-refractivity contribution < 1.29 is 9.18 Å². The van der Waals surface area contributed by atoms with E-state index in [9.17, 15) is 9.18 Å². The number of carbonyl (C=O) groups excluding carboxylic acids is 1. The minimum Gasteiger partial charge on any atom is -0.330 e. The maximum absolute atomic E-state index is 14.2. The van der Waals surface area contributed by atoms with Gasteiger partial charge in [-0.3, -0.25) is 4.79 Å². The van der Waals surface area contributed by atoms with Crippen LogP contribution in [0.3, 0.4) is 0 Å². The first-order valence-corrected chi connectivity index (χ1v) is 6.37. The highest BCUT2D eigenvalue weighted by Crippen LogP contribution is 2.45. The molecule has 0 radical (unpaired) electrons. The zero-order valence-electron chi connectivity index (χ0n) is 10.5. The van der Waals surface area contributed by atoms with Crippen LogP contribution in [0, 0.1) is 5.82 Å². The molecular formula is C14H17FN2O. The molecule has 1 saturated carbocycles. The molecule has 0 saturated heterocycles. The van der Waals surface area contributed by atoms with E-state index in [0.29, 0.717) is 18.7 Å². The Hall–Kier alpha value is -1.42. The highest BCUT2D eigenvalue weighted by atomic mass is 19.1. The van der Waals surface area contributed by atoms with E-state index in [1.54, 1.807) is 13.1 Å². The van der Waals surface area contributed by atoms with E-state index in [4.69, 9.17) is 5.73 Å². The summed E-state index contributed by atoms with van der Waals surface area (Å²) in [5, 5.41) is 0. The molecule has 1 aromatic carbocycles. The molecule has 2 N–H and O–H groups in total. The van der Waals surface area contributed by atoms with Crippen LogP contribution in [-0.2, 0) is 16.6 Å². The molecule has 2 aliphatic rings. The van der Waals surface area contributed by atoms with Gasteiger partial charge in [-0.2, -0.15) is 0 Å². The Bertz CT molecular complexity index is 517. The van der Waals surface area contributed by atoms with Crippen LogP contribution in [-0.4, -0.2) is 19.5 Å². The van der Waals surface area contributed by atoms with Crippen LogP contribution >= 0.6 is 0 Å². The lowest BCUT2D eigenvalue weighted by atomic mass is 9.64. The largest absolute Gasteiger partial charge is 0.330 e. The number of rotatable bonds is 2. The molecule has 0 atom stereocenters. The van der Waals surface area contributed by atoms with Crippen LogP contribution in [0.4, 0.5) is 10.1 Å². The van der Waals surface area contributed by atoms with Crippen LogP contribution in [0.15, 0.2) is 12.1 Å². The summed E-state index contributed by atoms with van der Waals surface area (Å²) in [6, 6.07) is 3.55. The lowest BCUT2D eigenvalue weighted by molar-refractivity contribution is -0.117. The number of likely N-dealkylation sites (N-methyl/N-ethyl adjacent to an activating group) is 1. The molecule has 0 unspecified atom stereocenters. The average molecular weight is 248 g/mol. The number of halogens is 1. The van der Waals surface area contributed by atoms with Crippen molar-refractivity contribution in [1.29, 1.82) is 0 Å². The van der Waals surface area contributed by atoms with Crippen LogP contribution < -0.4 is 10.6 Å². The molecule has 1 aliphatic carbocycles. The summed E-state index contributed by atoms with van der Waals surface area (Å²) in [5.41, 5.74) is 8.01. The SMILES string of the molecule is CN1C(=O)Cc2cc(C3(CN)CCC3)cc(F)c21. The van der Waals surface area contributed by atoms with Gasteiger partial charge in [-0.05, 0) is 30.0 Å². The fourth-order valence-corrected chi connectivity index (χ4v) is 3.09. The first-order chi connectivity index (χ1) is 8.57. The van der Waals surface area contributed by atoms with Crippen molar-refractivity contribution in [2.75, 3.05) is 18.5 Å². The van der Waals surface area contributed by atoms with E-state index in [1.807, 2.05) is 6.07 Å². The standard InChI is InChI=1S/C14H17FN2O/c1-17-12(18)6-9-5-10(7-11(15)13(9)17)14(8-16)3-2-4-14/h5,7H,2-4,6,8,16H2,1H3. The third kappa shape index (κ3) is 1.42. The monoisotopic (exact) mass is 248 g/mol. The molecule has 96 valence electrons. The Morgan fingerprint density at radius 2 is 2.17 bits per heavy atom. The zero-order chi connectivity index (χ0) is 12.9. The Morgan fingerprint density at radius 3 is 2.72 bits per heavy atom. The molecule has 1 aromatic rings. The van der Waals surface area contributed by atoms with Crippen molar-refractivity contribution >= 4 is 11.6 Å². The van der Waals surface area contributed by atoms with E-state index >= 15 is 0 Å². The van der Waals surface area contributed by atoms with Crippen molar-refractivity contribution in [2.24, 2.45) is 5.73 Å². The van der Waals surface area contributed by atoms with Crippen LogP contribution in [0.5, 0.6) is 0 Å². The summed E-state index contributed by atoms with van der Waals surface area (Å²) in [5.74, 6) is -0.341. The number of hydrogen-bond donors (Lipinski definition) is 1. The van der Waals surface area contributed by atoms with E-state index in [1.165, 1.54) is 4.90 Å². The van der Waals surface area contributed by atoms with Crippen molar-refractivity contribution in [1.82, 2.24) is 0 Å². The van der Waals surface area contributed by atoms with Gasteiger partial charge in [0.25, 0.3) is 0 Å². The third-order valence-corrected chi connectivity index (χ3v) is 4.51. The van der Waals surface area contributed by atoms with Gasteiger partial charge in [-0.1, -0.05) is 12.5 Å². The maximum atomic E-state index is 14.2. The topological polar surface area (TPSA) is 46.3 Å². The number of nitrogens with zero attached hydrogens (tertiary/aromatic N) is 1. The fraction of sp³-hybridized carbons (Fsp3) is 0.500. The van der Waals surface area contributed by atoms with Gasteiger partial charge in [0, 0.05) is 19.0 Å². The van der Waals surface area contributed by atoms with Gasteiger partial charge in [0.05, 0.1) is 12.1 Å². The molecule has 1 aliphatic heterocycles. The van der Waals surface area contributed by atoms with Crippen molar-refractivity contribution in [3.8, 4) is 0 Å². The molecule has 1 heterocycles. The number of benzene rings is 1. The molecule has 0 spiro atoms. The van der Waals surface area contributed by atoms with E-state index in [0.717, 1.165) is 30.4 Å². The second kappa shape index (κ2) is 3.79. The number of amides is 1. The predicted octanol–water partition coefficient (Wildman–Crippen LogP) is 1.72. The molecule has 3 nitrogen and oxygen atoms in total. The Balaban J connectivity index is 2.09. The van der Waals surface area contributed by atoms with E-state index < -0.39 is 0 Å². The van der Waals surface area contributed by atoms with Crippen LogP contribution in [0.1, 0.15) is 30.4 Å². The molecule has 18 heavy (non-hydrogen) atoms. The molecule has 1 fully saturated rings. The number of anilines is 1. The van der Waals surface area contributed by atoms with E-state index in [-0.39, 0.29) is 17.1 Å². The van der Waals surface area contributed by atoms with Gasteiger partial charge in [-0.25, -0.2) is 4.39 Å². The Morgan fingerprint density at radius 1 is 1.44 bits per heavy atom.